The van der Waals surface area contributed by atoms with Crippen molar-refractivity contribution in [2.45, 2.75) is 13.1 Å². The molecule has 0 aliphatic rings. The van der Waals surface area contributed by atoms with E-state index in [1.54, 1.807) is 3.38 Å². The van der Waals surface area contributed by atoms with Gasteiger partial charge in [-0.2, -0.15) is 0 Å². The zero-order valence-electron chi connectivity index (χ0n) is 5.03. The smallest absolute Gasteiger partial charge is 0.248 e. The van der Waals surface area contributed by atoms with Gasteiger partial charge in [-0.05, 0) is 13.1 Å². The van der Waals surface area contributed by atoms with Crippen molar-refractivity contribution in [1.82, 2.24) is 3.38 Å². The van der Waals surface area contributed by atoms with Crippen LogP contribution in [-0.2, 0) is 4.12 Å². The van der Waals surface area contributed by atoms with Crippen molar-refractivity contribution >= 4 is 44.6 Å². The van der Waals surface area contributed by atoms with Crippen molar-refractivity contribution in [3.05, 3.63) is 0 Å². The van der Waals surface area contributed by atoms with Gasteiger partial charge in [0.25, 0.3) is 0 Å². The standard InChI is InChI=1S/C2H11NOS2Si2/c1-8(2)4-7-3(5)6/h5-6,8H,7H2,1-2H3. The Morgan fingerprint density at radius 1 is 1.50 bits per heavy atom. The van der Waals surface area contributed by atoms with Crippen molar-refractivity contribution < 1.29 is 4.12 Å². The van der Waals surface area contributed by atoms with E-state index in [0.717, 1.165) is 0 Å². The second kappa shape index (κ2) is 4.89. The quantitative estimate of drug-likeness (QED) is 0.474. The Morgan fingerprint density at radius 2 is 2.00 bits per heavy atom. The highest BCUT2D eigenvalue weighted by atomic mass is 32.2. The minimum atomic E-state index is -0.804. The van der Waals surface area contributed by atoms with Crippen LogP contribution in [0.2, 0.25) is 13.1 Å². The van der Waals surface area contributed by atoms with Crippen molar-refractivity contribution in [3.63, 3.8) is 0 Å². The molecule has 0 aromatic rings. The lowest BCUT2D eigenvalue weighted by atomic mass is 11.9. The van der Waals surface area contributed by atoms with Gasteiger partial charge in [0, 0.05) is 0 Å². The second-order valence-corrected chi connectivity index (χ2v) is 8.38. The van der Waals surface area contributed by atoms with Gasteiger partial charge < -0.3 is 4.12 Å². The van der Waals surface area contributed by atoms with Gasteiger partial charge in [-0.3, -0.25) is 0 Å². The lowest BCUT2D eigenvalue weighted by Gasteiger charge is -2.08. The van der Waals surface area contributed by atoms with Gasteiger partial charge in [0.2, 0.25) is 9.92 Å². The fourth-order valence-electron chi connectivity index (χ4n) is 0.216. The normalized spacial score (nSPS) is 12.8. The van der Waals surface area contributed by atoms with E-state index in [1.165, 1.54) is 0 Å². The Bertz CT molecular complexity index is 54.0. The Hall–Kier alpha value is 1.05. The third kappa shape index (κ3) is 7.05. The molecular weight excluding hydrogens is 174 g/mol. The molecule has 8 heavy (non-hydrogen) atoms. The highest BCUT2D eigenvalue weighted by molar-refractivity contribution is 7.95. The van der Waals surface area contributed by atoms with E-state index < -0.39 is 19.0 Å². The predicted molar refractivity (Wildman–Crippen MR) is 48.3 cm³/mol. The monoisotopic (exact) mass is 185 g/mol. The summed E-state index contributed by atoms with van der Waals surface area (Å²) >= 11 is 7.86. The average Bonchev–Trinajstić information content (AvgIpc) is 1.61. The van der Waals surface area contributed by atoms with Gasteiger partial charge in [0.1, 0.15) is 0 Å². The van der Waals surface area contributed by atoms with E-state index >= 15 is 0 Å². The van der Waals surface area contributed by atoms with E-state index in [2.05, 4.69) is 38.7 Å². The first-order valence-electron chi connectivity index (χ1n) is 2.40. The number of hydrogen-bond acceptors (Lipinski definition) is 4. The van der Waals surface area contributed by atoms with Crippen LogP contribution in [0.1, 0.15) is 0 Å². The van der Waals surface area contributed by atoms with Crippen LogP contribution < -0.4 is 0 Å². The van der Waals surface area contributed by atoms with E-state index in [0.29, 0.717) is 0 Å². The maximum atomic E-state index is 5.35. The van der Waals surface area contributed by atoms with Crippen LogP contribution in [0.5, 0.6) is 0 Å². The third-order valence-electron chi connectivity index (χ3n) is 0.523. The maximum absolute atomic E-state index is 5.35. The van der Waals surface area contributed by atoms with E-state index in [9.17, 15) is 0 Å². The van der Waals surface area contributed by atoms with Crippen LogP contribution in [-0.4, -0.2) is 22.3 Å². The van der Waals surface area contributed by atoms with Crippen LogP contribution in [0.3, 0.4) is 0 Å². The molecule has 0 spiro atoms. The molecule has 6 heteroatoms. The Morgan fingerprint density at radius 3 is 2.12 bits per heavy atom. The van der Waals surface area contributed by atoms with E-state index in [-0.39, 0.29) is 0 Å². The molecule has 0 saturated heterocycles. The number of hydrogen-bond donors (Lipinski definition) is 2. The predicted octanol–water partition coefficient (Wildman–Crippen LogP) is -0.0232. The molecule has 0 saturated carbocycles. The lowest BCUT2D eigenvalue weighted by Crippen LogP contribution is -2.18. The molecule has 0 fully saturated rings. The van der Waals surface area contributed by atoms with Crippen molar-refractivity contribution in [1.29, 1.82) is 0 Å². The van der Waals surface area contributed by atoms with Gasteiger partial charge in [0.05, 0.1) is 0 Å². The summed E-state index contributed by atoms with van der Waals surface area (Å²) in [4.78, 5) is 0. The van der Waals surface area contributed by atoms with Crippen LogP contribution >= 0.6 is 25.6 Å². The molecule has 0 aliphatic heterocycles. The number of nitrogens with zero attached hydrogens (tertiary/aromatic N) is 1. The van der Waals surface area contributed by atoms with Crippen LogP contribution in [0.25, 0.3) is 0 Å². The molecule has 0 unspecified atom stereocenters. The van der Waals surface area contributed by atoms with Gasteiger partial charge in [-0.25, -0.2) is 3.38 Å². The van der Waals surface area contributed by atoms with Crippen molar-refractivity contribution in [2.75, 3.05) is 0 Å². The SMILES string of the molecule is C[SiH](C)O[SiH2]N(S)S. The second-order valence-electron chi connectivity index (χ2n) is 1.72. The zero-order valence-corrected chi connectivity index (χ0v) is 9.39. The largest absolute Gasteiger partial charge is 0.451 e. The Kier molecular flexibility index (Phi) is 5.53. The Balaban J connectivity index is 2.93. The topological polar surface area (TPSA) is 12.5 Å². The molecule has 0 rings (SSSR count). The van der Waals surface area contributed by atoms with Crippen molar-refractivity contribution in [3.8, 4) is 0 Å². The van der Waals surface area contributed by atoms with Gasteiger partial charge >= 0.3 is 0 Å². The summed E-state index contributed by atoms with van der Waals surface area (Å²) in [6, 6.07) is 0. The first-order valence-corrected chi connectivity index (χ1v) is 7.19. The molecule has 0 bridgehead atoms. The minimum absolute atomic E-state index is 0.578. The molecule has 50 valence electrons. The summed E-state index contributed by atoms with van der Waals surface area (Å²) in [5, 5.41) is 0. The molecule has 0 aromatic heterocycles. The molecule has 0 heterocycles. The first-order chi connectivity index (χ1) is 3.63. The third-order valence-corrected chi connectivity index (χ3v) is 4.71. The fraction of sp³-hybridized carbons (Fsp3) is 1.00. The van der Waals surface area contributed by atoms with E-state index in [4.69, 9.17) is 4.12 Å². The molecule has 0 N–H and O–H groups in total. The summed E-state index contributed by atoms with van der Waals surface area (Å²) in [5.41, 5.74) is 0. The summed E-state index contributed by atoms with van der Waals surface area (Å²) in [7, 11) is -1.38. The van der Waals surface area contributed by atoms with Gasteiger partial charge in [-0.1, -0.05) is 25.6 Å². The molecule has 0 amide bonds. The summed E-state index contributed by atoms with van der Waals surface area (Å²) < 4.78 is 6.92. The average molecular weight is 185 g/mol. The Labute approximate surface area is 65.4 Å². The summed E-state index contributed by atoms with van der Waals surface area (Å²) in [6.45, 7) is 4.27. The van der Waals surface area contributed by atoms with Crippen molar-refractivity contribution in [2.24, 2.45) is 0 Å². The van der Waals surface area contributed by atoms with Gasteiger partial charge in [-0.15, -0.1) is 0 Å². The number of rotatable bonds is 3. The lowest BCUT2D eigenvalue weighted by molar-refractivity contribution is 0.603. The molecule has 0 aliphatic carbocycles. The van der Waals surface area contributed by atoms with E-state index in [1.807, 2.05) is 0 Å². The minimum Gasteiger partial charge on any atom is -0.451 e. The maximum Gasteiger partial charge on any atom is 0.248 e. The zero-order chi connectivity index (χ0) is 6.57. The number of thiol groups is 2. The summed E-state index contributed by atoms with van der Waals surface area (Å²) in [6.07, 6.45) is 0. The molecule has 2 nitrogen and oxygen atoms in total. The molecule has 0 atom stereocenters. The highest BCUT2D eigenvalue weighted by Gasteiger charge is 1.96. The highest BCUT2D eigenvalue weighted by Crippen LogP contribution is 1.94. The molecule has 0 radical (unpaired) electrons. The molecular formula is C2H11NOS2Si2. The van der Waals surface area contributed by atoms with Crippen LogP contribution in [0.4, 0.5) is 0 Å². The van der Waals surface area contributed by atoms with Crippen LogP contribution in [0.15, 0.2) is 0 Å². The first kappa shape index (κ1) is 9.05. The van der Waals surface area contributed by atoms with Gasteiger partial charge in [0.15, 0.2) is 9.04 Å². The summed E-state index contributed by atoms with van der Waals surface area (Å²) in [5.74, 6) is 0. The molecule has 0 aromatic carbocycles. The fourth-order valence-corrected chi connectivity index (χ4v) is 3.14. The van der Waals surface area contributed by atoms with Crippen LogP contribution in [0, 0.1) is 0 Å².